The lowest BCUT2D eigenvalue weighted by atomic mass is 9.97. The highest BCUT2D eigenvalue weighted by atomic mass is 32.2. The SMILES string of the molecule is CSCC(C)NC1CC(C)c2c(C)ccc(O)c21. The van der Waals surface area contributed by atoms with Crippen molar-refractivity contribution in [1.29, 1.82) is 0 Å². The van der Waals surface area contributed by atoms with Crippen LogP contribution in [0.4, 0.5) is 0 Å². The third-order valence-corrected chi connectivity index (χ3v) is 4.65. The molecule has 3 unspecified atom stereocenters. The number of hydrogen-bond acceptors (Lipinski definition) is 3. The Kier molecular flexibility index (Phi) is 4.23. The summed E-state index contributed by atoms with van der Waals surface area (Å²) in [7, 11) is 0. The molecule has 0 aliphatic heterocycles. The summed E-state index contributed by atoms with van der Waals surface area (Å²) in [5, 5.41) is 13.8. The van der Waals surface area contributed by atoms with E-state index in [9.17, 15) is 5.11 Å². The van der Waals surface area contributed by atoms with Gasteiger partial charge in [-0.05, 0) is 49.6 Å². The van der Waals surface area contributed by atoms with Gasteiger partial charge in [0.05, 0.1) is 0 Å². The maximum Gasteiger partial charge on any atom is 0.120 e. The van der Waals surface area contributed by atoms with Crippen LogP contribution in [0.3, 0.4) is 0 Å². The van der Waals surface area contributed by atoms with Crippen molar-refractivity contribution in [2.24, 2.45) is 0 Å². The van der Waals surface area contributed by atoms with E-state index in [-0.39, 0.29) is 0 Å². The summed E-state index contributed by atoms with van der Waals surface area (Å²) in [6, 6.07) is 4.64. The van der Waals surface area contributed by atoms with E-state index in [0.717, 1.165) is 17.7 Å². The lowest BCUT2D eigenvalue weighted by Crippen LogP contribution is -2.31. The van der Waals surface area contributed by atoms with Gasteiger partial charge in [-0.2, -0.15) is 11.8 Å². The van der Waals surface area contributed by atoms with Gasteiger partial charge in [-0.3, -0.25) is 0 Å². The first kappa shape index (κ1) is 13.8. The van der Waals surface area contributed by atoms with Crippen LogP contribution in [0.2, 0.25) is 0 Å². The van der Waals surface area contributed by atoms with E-state index in [1.807, 2.05) is 23.9 Å². The van der Waals surface area contributed by atoms with Crippen LogP contribution >= 0.6 is 11.8 Å². The summed E-state index contributed by atoms with van der Waals surface area (Å²) in [6.45, 7) is 6.61. The van der Waals surface area contributed by atoms with Crippen LogP contribution < -0.4 is 5.32 Å². The van der Waals surface area contributed by atoms with Crippen molar-refractivity contribution in [2.75, 3.05) is 12.0 Å². The molecule has 1 aliphatic rings. The number of hydrogen-bond donors (Lipinski definition) is 2. The molecule has 2 N–H and O–H groups in total. The van der Waals surface area contributed by atoms with Gasteiger partial charge in [0.2, 0.25) is 0 Å². The molecule has 2 nitrogen and oxygen atoms in total. The molecule has 0 heterocycles. The summed E-state index contributed by atoms with van der Waals surface area (Å²) in [5.74, 6) is 2.09. The fourth-order valence-electron chi connectivity index (χ4n) is 3.14. The summed E-state index contributed by atoms with van der Waals surface area (Å²) in [6.07, 6.45) is 3.22. The number of nitrogens with one attached hydrogen (secondary N) is 1. The monoisotopic (exact) mass is 265 g/mol. The molecule has 2 rings (SSSR count). The molecule has 0 bridgehead atoms. The van der Waals surface area contributed by atoms with Crippen molar-refractivity contribution in [2.45, 2.75) is 45.2 Å². The molecule has 1 aromatic carbocycles. The third kappa shape index (κ3) is 2.52. The van der Waals surface area contributed by atoms with E-state index in [0.29, 0.717) is 23.8 Å². The first-order chi connectivity index (χ1) is 8.54. The molecule has 1 aliphatic carbocycles. The number of aromatic hydroxyl groups is 1. The second-order valence-corrected chi connectivity index (χ2v) is 6.35. The molecule has 0 radical (unpaired) electrons. The highest BCUT2D eigenvalue weighted by molar-refractivity contribution is 7.98. The van der Waals surface area contributed by atoms with Crippen molar-refractivity contribution in [3.05, 3.63) is 28.8 Å². The molecular formula is C15H23NOS. The van der Waals surface area contributed by atoms with E-state index in [1.54, 1.807) is 0 Å². The molecule has 0 saturated heterocycles. The number of phenols is 1. The lowest BCUT2D eigenvalue weighted by molar-refractivity contribution is 0.429. The van der Waals surface area contributed by atoms with Gasteiger partial charge >= 0.3 is 0 Å². The van der Waals surface area contributed by atoms with Gasteiger partial charge in [-0.1, -0.05) is 13.0 Å². The van der Waals surface area contributed by atoms with E-state index < -0.39 is 0 Å². The van der Waals surface area contributed by atoms with Crippen molar-refractivity contribution < 1.29 is 5.11 Å². The number of rotatable bonds is 4. The second-order valence-electron chi connectivity index (χ2n) is 5.44. The van der Waals surface area contributed by atoms with Crippen LogP contribution in [0.15, 0.2) is 12.1 Å². The molecular weight excluding hydrogens is 242 g/mol. The number of aryl methyl sites for hydroxylation is 1. The Morgan fingerprint density at radius 2 is 2.17 bits per heavy atom. The van der Waals surface area contributed by atoms with Crippen LogP contribution in [0.1, 0.15) is 48.9 Å². The quantitative estimate of drug-likeness (QED) is 0.872. The fourth-order valence-corrected chi connectivity index (χ4v) is 3.73. The van der Waals surface area contributed by atoms with Gasteiger partial charge in [0.25, 0.3) is 0 Å². The van der Waals surface area contributed by atoms with Crippen molar-refractivity contribution in [3.63, 3.8) is 0 Å². The number of phenolic OH excluding ortho intramolecular Hbond substituents is 1. The van der Waals surface area contributed by atoms with E-state index in [2.05, 4.69) is 32.3 Å². The van der Waals surface area contributed by atoms with Crippen LogP contribution in [-0.4, -0.2) is 23.2 Å². The first-order valence-electron chi connectivity index (χ1n) is 6.62. The van der Waals surface area contributed by atoms with Gasteiger partial charge in [0.15, 0.2) is 0 Å². The zero-order valence-electron chi connectivity index (χ0n) is 11.7. The standard InChI is InChI=1S/C15H23NOS/c1-9-5-6-13(17)15-12(7-10(2)14(9)15)16-11(3)8-18-4/h5-6,10-12,16-17H,7-8H2,1-4H3. The Morgan fingerprint density at radius 3 is 2.83 bits per heavy atom. The molecule has 0 amide bonds. The van der Waals surface area contributed by atoms with Gasteiger partial charge in [-0.25, -0.2) is 0 Å². The molecule has 3 atom stereocenters. The Bertz CT molecular complexity index is 433. The summed E-state index contributed by atoms with van der Waals surface area (Å²) < 4.78 is 0. The highest BCUT2D eigenvalue weighted by Crippen LogP contribution is 2.46. The van der Waals surface area contributed by atoms with Gasteiger partial charge < -0.3 is 10.4 Å². The minimum absolute atomic E-state index is 0.303. The van der Waals surface area contributed by atoms with Crippen molar-refractivity contribution >= 4 is 11.8 Å². The molecule has 0 saturated carbocycles. The molecule has 18 heavy (non-hydrogen) atoms. The number of benzene rings is 1. The predicted molar refractivity (Wildman–Crippen MR) is 79.6 cm³/mol. The first-order valence-corrected chi connectivity index (χ1v) is 8.01. The van der Waals surface area contributed by atoms with Gasteiger partial charge in [-0.15, -0.1) is 0 Å². The van der Waals surface area contributed by atoms with Crippen LogP contribution in [-0.2, 0) is 0 Å². The second kappa shape index (κ2) is 5.54. The third-order valence-electron chi connectivity index (χ3n) is 3.82. The minimum atomic E-state index is 0.303. The topological polar surface area (TPSA) is 32.3 Å². The Hall–Kier alpha value is -0.670. The van der Waals surface area contributed by atoms with E-state index >= 15 is 0 Å². The molecule has 1 aromatic rings. The Balaban J connectivity index is 2.27. The van der Waals surface area contributed by atoms with Crippen molar-refractivity contribution in [1.82, 2.24) is 5.32 Å². The average molecular weight is 265 g/mol. The molecule has 0 fully saturated rings. The lowest BCUT2D eigenvalue weighted by Gasteiger charge is -2.20. The van der Waals surface area contributed by atoms with Crippen LogP contribution in [0.5, 0.6) is 5.75 Å². The Morgan fingerprint density at radius 1 is 1.44 bits per heavy atom. The maximum atomic E-state index is 10.1. The highest BCUT2D eigenvalue weighted by Gasteiger charge is 2.32. The summed E-state index contributed by atoms with van der Waals surface area (Å²) in [5.41, 5.74) is 3.79. The number of fused-ring (bicyclic) bond motifs is 1. The molecule has 100 valence electrons. The predicted octanol–water partition coefficient (Wildman–Crippen LogP) is 3.59. The molecule has 0 aromatic heterocycles. The summed E-state index contributed by atoms with van der Waals surface area (Å²) in [4.78, 5) is 0. The Labute approximate surface area is 114 Å². The van der Waals surface area contributed by atoms with E-state index in [4.69, 9.17) is 0 Å². The van der Waals surface area contributed by atoms with E-state index in [1.165, 1.54) is 11.1 Å². The van der Waals surface area contributed by atoms with Gasteiger partial charge in [0, 0.05) is 23.4 Å². The maximum absolute atomic E-state index is 10.1. The van der Waals surface area contributed by atoms with Gasteiger partial charge in [0.1, 0.15) is 5.75 Å². The smallest absolute Gasteiger partial charge is 0.120 e. The average Bonchev–Trinajstić information content (AvgIpc) is 2.62. The minimum Gasteiger partial charge on any atom is -0.508 e. The fraction of sp³-hybridized carbons (Fsp3) is 0.600. The van der Waals surface area contributed by atoms with Crippen LogP contribution in [0, 0.1) is 6.92 Å². The molecule has 0 spiro atoms. The largest absolute Gasteiger partial charge is 0.508 e. The molecule has 3 heteroatoms. The summed E-state index contributed by atoms with van der Waals surface area (Å²) >= 11 is 1.86. The normalized spacial score (nSPS) is 24.0. The van der Waals surface area contributed by atoms with Crippen LogP contribution in [0.25, 0.3) is 0 Å². The number of thioether (sulfide) groups is 1. The van der Waals surface area contributed by atoms with Crippen molar-refractivity contribution in [3.8, 4) is 5.75 Å². The zero-order valence-corrected chi connectivity index (χ0v) is 12.5. The zero-order chi connectivity index (χ0) is 13.3.